The van der Waals surface area contributed by atoms with Crippen LogP contribution in [0.3, 0.4) is 0 Å². The van der Waals surface area contributed by atoms with Gasteiger partial charge in [-0.25, -0.2) is 0 Å². The summed E-state index contributed by atoms with van der Waals surface area (Å²) < 4.78 is 0. The fourth-order valence-corrected chi connectivity index (χ4v) is 4.09. The zero-order valence-corrected chi connectivity index (χ0v) is 11.8. The van der Waals surface area contributed by atoms with E-state index < -0.39 is 0 Å². The molecule has 2 aliphatic heterocycles. The molecule has 0 spiro atoms. The van der Waals surface area contributed by atoms with E-state index in [-0.39, 0.29) is 23.9 Å². The van der Waals surface area contributed by atoms with E-state index in [2.05, 4.69) is 0 Å². The van der Waals surface area contributed by atoms with E-state index in [1.807, 2.05) is 16.7 Å². The fraction of sp³-hybridized carbons (Fsp3) is 0.867. The Kier molecular flexibility index (Phi) is 3.50. The van der Waals surface area contributed by atoms with Crippen LogP contribution in [0.5, 0.6) is 0 Å². The SMILES string of the molecule is CCC1C(=O)N2CCCC2C(=O)N1C1CCCCC1. The first kappa shape index (κ1) is 12.9. The molecule has 3 rings (SSSR count). The molecule has 4 nitrogen and oxygen atoms in total. The lowest BCUT2D eigenvalue weighted by molar-refractivity contribution is -0.163. The number of carbonyl (C=O) groups excluding carboxylic acids is 2. The van der Waals surface area contributed by atoms with Crippen LogP contribution in [-0.2, 0) is 9.59 Å². The van der Waals surface area contributed by atoms with Crippen molar-refractivity contribution >= 4 is 11.8 Å². The second-order valence-electron chi connectivity index (χ2n) is 6.15. The van der Waals surface area contributed by atoms with Crippen molar-refractivity contribution in [1.82, 2.24) is 9.80 Å². The molecule has 1 saturated carbocycles. The van der Waals surface area contributed by atoms with Gasteiger partial charge in [-0.05, 0) is 32.1 Å². The molecule has 0 N–H and O–H groups in total. The van der Waals surface area contributed by atoms with Crippen LogP contribution in [0.15, 0.2) is 0 Å². The molecule has 106 valence electrons. The van der Waals surface area contributed by atoms with Gasteiger partial charge in [-0.2, -0.15) is 0 Å². The summed E-state index contributed by atoms with van der Waals surface area (Å²) in [6.45, 7) is 2.81. The molecule has 1 aliphatic carbocycles. The van der Waals surface area contributed by atoms with E-state index >= 15 is 0 Å². The number of nitrogens with zero attached hydrogens (tertiary/aromatic N) is 2. The Morgan fingerprint density at radius 3 is 2.42 bits per heavy atom. The lowest BCUT2D eigenvalue weighted by Gasteiger charge is -2.46. The zero-order chi connectivity index (χ0) is 13.4. The van der Waals surface area contributed by atoms with E-state index in [0.717, 1.165) is 38.6 Å². The van der Waals surface area contributed by atoms with Gasteiger partial charge >= 0.3 is 0 Å². The molecule has 3 fully saturated rings. The zero-order valence-electron chi connectivity index (χ0n) is 11.8. The first-order valence-corrected chi connectivity index (χ1v) is 7.86. The van der Waals surface area contributed by atoms with Crippen molar-refractivity contribution in [3.05, 3.63) is 0 Å². The molecule has 0 aromatic carbocycles. The van der Waals surface area contributed by atoms with Crippen molar-refractivity contribution in [3.8, 4) is 0 Å². The van der Waals surface area contributed by atoms with Crippen molar-refractivity contribution in [2.75, 3.05) is 6.54 Å². The Labute approximate surface area is 115 Å². The second kappa shape index (κ2) is 5.14. The minimum atomic E-state index is -0.190. The standard InChI is InChI=1S/C15H24N2O2/c1-2-12-14(18)16-10-6-9-13(16)15(19)17(12)11-7-4-3-5-8-11/h11-13H,2-10H2,1H3. The van der Waals surface area contributed by atoms with Gasteiger partial charge in [0.05, 0.1) is 0 Å². The first-order chi connectivity index (χ1) is 9.24. The Bertz CT molecular complexity index is 376. The molecule has 2 atom stereocenters. The molecule has 2 heterocycles. The van der Waals surface area contributed by atoms with Gasteiger partial charge < -0.3 is 9.80 Å². The van der Waals surface area contributed by atoms with Crippen LogP contribution in [-0.4, -0.2) is 46.3 Å². The Morgan fingerprint density at radius 2 is 1.74 bits per heavy atom. The van der Waals surface area contributed by atoms with Crippen LogP contribution < -0.4 is 0 Å². The minimum Gasteiger partial charge on any atom is -0.329 e. The summed E-state index contributed by atoms with van der Waals surface area (Å²) in [7, 11) is 0. The molecule has 2 amide bonds. The van der Waals surface area contributed by atoms with Crippen molar-refractivity contribution in [2.24, 2.45) is 0 Å². The summed E-state index contributed by atoms with van der Waals surface area (Å²) in [4.78, 5) is 29.1. The monoisotopic (exact) mass is 264 g/mol. The van der Waals surface area contributed by atoms with E-state index in [4.69, 9.17) is 0 Å². The highest BCUT2D eigenvalue weighted by Crippen LogP contribution is 2.33. The summed E-state index contributed by atoms with van der Waals surface area (Å²) in [5, 5.41) is 0. The molecule has 2 unspecified atom stereocenters. The Hall–Kier alpha value is -1.06. The summed E-state index contributed by atoms with van der Waals surface area (Å²) in [6.07, 6.45) is 8.45. The van der Waals surface area contributed by atoms with Gasteiger partial charge in [0.15, 0.2) is 0 Å². The van der Waals surface area contributed by atoms with Gasteiger partial charge in [-0.3, -0.25) is 9.59 Å². The topological polar surface area (TPSA) is 40.6 Å². The lowest BCUT2D eigenvalue weighted by atomic mass is 9.90. The van der Waals surface area contributed by atoms with E-state index in [1.54, 1.807) is 0 Å². The molecule has 3 aliphatic rings. The highest BCUT2D eigenvalue weighted by molar-refractivity contribution is 5.97. The third kappa shape index (κ3) is 2.05. The number of rotatable bonds is 2. The fourth-order valence-electron chi connectivity index (χ4n) is 4.09. The maximum absolute atomic E-state index is 12.8. The molecule has 4 heteroatoms. The second-order valence-corrected chi connectivity index (χ2v) is 6.15. The maximum Gasteiger partial charge on any atom is 0.246 e. The van der Waals surface area contributed by atoms with Crippen LogP contribution in [0, 0.1) is 0 Å². The largest absolute Gasteiger partial charge is 0.329 e. The van der Waals surface area contributed by atoms with Crippen LogP contribution in [0.2, 0.25) is 0 Å². The number of carbonyl (C=O) groups is 2. The summed E-state index contributed by atoms with van der Waals surface area (Å²) in [5.74, 6) is 0.436. The number of fused-ring (bicyclic) bond motifs is 1. The average molecular weight is 264 g/mol. The van der Waals surface area contributed by atoms with Gasteiger partial charge in [0, 0.05) is 12.6 Å². The van der Waals surface area contributed by atoms with Gasteiger partial charge in [-0.1, -0.05) is 26.2 Å². The van der Waals surface area contributed by atoms with E-state index in [0.29, 0.717) is 6.04 Å². The van der Waals surface area contributed by atoms with Crippen LogP contribution in [0.1, 0.15) is 58.3 Å². The van der Waals surface area contributed by atoms with Crippen LogP contribution in [0.4, 0.5) is 0 Å². The molecule has 2 saturated heterocycles. The Morgan fingerprint density at radius 1 is 1.00 bits per heavy atom. The molecule has 0 radical (unpaired) electrons. The van der Waals surface area contributed by atoms with Crippen molar-refractivity contribution < 1.29 is 9.59 Å². The minimum absolute atomic E-state index is 0.141. The number of hydrogen-bond acceptors (Lipinski definition) is 2. The lowest BCUT2D eigenvalue weighted by Crippen LogP contribution is -2.65. The molecule has 0 bridgehead atoms. The molecular formula is C15H24N2O2. The number of piperazine rings is 1. The third-order valence-electron chi connectivity index (χ3n) is 5.05. The molecule has 19 heavy (non-hydrogen) atoms. The predicted molar refractivity (Wildman–Crippen MR) is 72.5 cm³/mol. The smallest absolute Gasteiger partial charge is 0.246 e. The van der Waals surface area contributed by atoms with Crippen LogP contribution >= 0.6 is 0 Å². The predicted octanol–water partition coefficient (Wildman–Crippen LogP) is 1.93. The quantitative estimate of drug-likeness (QED) is 0.764. The average Bonchev–Trinajstić information content (AvgIpc) is 2.93. The maximum atomic E-state index is 12.8. The van der Waals surface area contributed by atoms with Gasteiger partial charge in [0.2, 0.25) is 11.8 Å². The molecule has 0 aromatic rings. The third-order valence-corrected chi connectivity index (χ3v) is 5.05. The number of hydrogen-bond donors (Lipinski definition) is 0. The highest BCUT2D eigenvalue weighted by atomic mass is 16.2. The summed E-state index contributed by atoms with van der Waals surface area (Å²) in [6, 6.07) is -0.0138. The first-order valence-electron chi connectivity index (χ1n) is 7.86. The van der Waals surface area contributed by atoms with Gasteiger partial charge in [0.25, 0.3) is 0 Å². The normalized spacial score (nSPS) is 32.9. The van der Waals surface area contributed by atoms with E-state index in [9.17, 15) is 9.59 Å². The van der Waals surface area contributed by atoms with Crippen molar-refractivity contribution in [3.63, 3.8) is 0 Å². The van der Waals surface area contributed by atoms with Crippen molar-refractivity contribution in [1.29, 1.82) is 0 Å². The highest BCUT2D eigenvalue weighted by Gasteiger charge is 2.48. The van der Waals surface area contributed by atoms with Crippen molar-refractivity contribution in [2.45, 2.75) is 76.4 Å². The van der Waals surface area contributed by atoms with E-state index in [1.165, 1.54) is 19.3 Å². The number of amides is 2. The summed E-state index contributed by atoms with van der Waals surface area (Å²) >= 11 is 0. The summed E-state index contributed by atoms with van der Waals surface area (Å²) in [5.41, 5.74) is 0. The molecular weight excluding hydrogens is 240 g/mol. The van der Waals surface area contributed by atoms with Gasteiger partial charge in [0.1, 0.15) is 12.1 Å². The Balaban J connectivity index is 1.86. The van der Waals surface area contributed by atoms with Crippen LogP contribution in [0.25, 0.3) is 0 Å². The molecule has 0 aromatic heterocycles. The van der Waals surface area contributed by atoms with Gasteiger partial charge in [-0.15, -0.1) is 0 Å².